The molecule has 0 aliphatic rings. The molecule has 128 valence electrons. The first-order valence-electron chi connectivity index (χ1n) is 7.92. The number of aromatic nitrogens is 3. The molecular weight excluding hydrogens is 348 g/mol. The second-order valence-electron chi connectivity index (χ2n) is 5.45. The molecule has 6 nitrogen and oxygen atoms in total. The van der Waals surface area contributed by atoms with Crippen LogP contribution in [0.5, 0.6) is 5.75 Å². The molecule has 0 atom stereocenters. The minimum absolute atomic E-state index is 0.0724. The van der Waals surface area contributed by atoms with Crippen LogP contribution in [0.2, 0.25) is 0 Å². The number of nitrogens with one attached hydrogen (secondary N) is 1. The highest BCUT2D eigenvalue weighted by atomic mass is 32.1. The minimum Gasteiger partial charge on any atom is -0.482 e. The van der Waals surface area contributed by atoms with Gasteiger partial charge in [-0.3, -0.25) is 9.78 Å². The first-order valence-corrected chi connectivity index (χ1v) is 8.74. The van der Waals surface area contributed by atoms with E-state index in [0.717, 1.165) is 20.9 Å². The zero-order chi connectivity index (χ0) is 17.8. The Kier molecular flexibility index (Phi) is 4.53. The third-order valence-corrected chi connectivity index (χ3v) is 4.61. The molecule has 0 saturated carbocycles. The van der Waals surface area contributed by atoms with Crippen molar-refractivity contribution in [1.29, 1.82) is 0 Å². The Morgan fingerprint density at radius 2 is 1.92 bits per heavy atom. The van der Waals surface area contributed by atoms with Crippen molar-refractivity contribution < 1.29 is 9.53 Å². The predicted octanol–water partition coefficient (Wildman–Crippen LogP) is 3.77. The lowest BCUT2D eigenvalue weighted by atomic mass is 10.2. The van der Waals surface area contributed by atoms with E-state index in [1.807, 2.05) is 36.4 Å². The average molecular weight is 362 g/mol. The highest BCUT2D eigenvalue weighted by Crippen LogP contribution is 2.29. The van der Waals surface area contributed by atoms with Gasteiger partial charge in [-0.05, 0) is 48.5 Å². The van der Waals surface area contributed by atoms with Crippen LogP contribution in [0.15, 0.2) is 67.1 Å². The Hall–Kier alpha value is -3.32. The van der Waals surface area contributed by atoms with Crippen LogP contribution in [0, 0.1) is 0 Å². The minimum atomic E-state index is -0.231. The number of amides is 1. The van der Waals surface area contributed by atoms with E-state index in [1.54, 1.807) is 42.1 Å². The summed E-state index contributed by atoms with van der Waals surface area (Å²) >= 11 is 1.54. The van der Waals surface area contributed by atoms with Gasteiger partial charge in [0, 0.05) is 23.6 Å². The fourth-order valence-electron chi connectivity index (χ4n) is 2.37. The van der Waals surface area contributed by atoms with E-state index < -0.39 is 0 Å². The largest absolute Gasteiger partial charge is 0.482 e. The van der Waals surface area contributed by atoms with Crippen molar-refractivity contribution in [2.75, 3.05) is 11.9 Å². The van der Waals surface area contributed by atoms with Crippen LogP contribution in [0.1, 0.15) is 0 Å². The summed E-state index contributed by atoms with van der Waals surface area (Å²) in [5.74, 6) is 0.327. The van der Waals surface area contributed by atoms with Crippen LogP contribution in [-0.4, -0.2) is 27.5 Å². The number of nitrogens with zero attached hydrogens (tertiary/aromatic N) is 3. The van der Waals surface area contributed by atoms with Crippen LogP contribution in [-0.2, 0) is 4.79 Å². The lowest BCUT2D eigenvalue weighted by Gasteiger charge is -2.07. The van der Waals surface area contributed by atoms with Gasteiger partial charge in [-0.1, -0.05) is 11.3 Å². The number of pyridine rings is 2. The Bertz CT molecular complexity index is 999. The maximum absolute atomic E-state index is 12.0. The van der Waals surface area contributed by atoms with Gasteiger partial charge in [0.2, 0.25) is 0 Å². The third-order valence-electron chi connectivity index (χ3n) is 3.59. The zero-order valence-corrected chi connectivity index (χ0v) is 14.4. The highest BCUT2D eigenvalue weighted by molar-refractivity contribution is 7.21. The molecule has 0 spiro atoms. The molecule has 1 aromatic carbocycles. The summed E-state index contributed by atoms with van der Waals surface area (Å²) in [6.45, 7) is -0.0724. The molecule has 3 heterocycles. The first kappa shape index (κ1) is 16.2. The maximum Gasteiger partial charge on any atom is 0.262 e. The molecule has 7 heteroatoms. The average Bonchev–Trinajstić information content (AvgIpc) is 3.12. The molecule has 0 aliphatic carbocycles. The van der Waals surface area contributed by atoms with Gasteiger partial charge < -0.3 is 10.1 Å². The fourth-order valence-corrected chi connectivity index (χ4v) is 3.28. The molecule has 4 aromatic rings. The van der Waals surface area contributed by atoms with Crippen LogP contribution in [0.4, 0.5) is 5.69 Å². The topological polar surface area (TPSA) is 77.0 Å². The third kappa shape index (κ3) is 3.68. The number of hydrogen-bond acceptors (Lipinski definition) is 6. The van der Waals surface area contributed by atoms with E-state index in [-0.39, 0.29) is 12.5 Å². The van der Waals surface area contributed by atoms with Crippen molar-refractivity contribution in [2.24, 2.45) is 0 Å². The van der Waals surface area contributed by atoms with Crippen molar-refractivity contribution in [2.45, 2.75) is 0 Å². The number of hydrogen-bond donors (Lipinski definition) is 1. The van der Waals surface area contributed by atoms with Crippen molar-refractivity contribution in [3.8, 4) is 16.3 Å². The monoisotopic (exact) mass is 362 g/mol. The van der Waals surface area contributed by atoms with E-state index >= 15 is 0 Å². The summed E-state index contributed by atoms with van der Waals surface area (Å²) in [4.78, 5) is 25.7. The highest BCUT2D eigenvalue weighted by Gasteiger charge is 2.08. The maximum atomic E-state index is 12.0. The Balaban J connectivity index is 1.40. The molecule has 4 rings (SSSR count). The van der Waals surface area contributed by atoms with E-state index in [9.17, 15) is 4.79 Å². The number of carbonyl (C=O) groups excluding carboxylic acids is 1. The van der Waals surface area contributed by atoms with Gasteiger partial charge in [-0.25, -0.2) is 9.97 Å². The summed E-state index contributed by atoms with van der Waals surface area (Å²) in [7, 11) is 0. The van der Waals surface area contributed by atoms with Crippen LogP contribution in [0.25, 0.3) is 20.9 Å². The molecule has 0 saturated heterocycles. The van der Waals surface area contributed by atoms with Gasteiger partial charge in [0.25, 0.3) is 5.91 Å². The van der Waals surface area contributed by atoms with Crippen molar-refractivity contribution in [1.82, 2.24) is 15.0 Å². The smallest absolute Gasteiger partial charge is 0.262 e. The normalized spacial score (nSPS) is 10.6. The number of thiazole rings is 1. The molecule has 0 fully saturated rings. The van der Waals surface area contributed by atoms with E-state index in [4.69, 9.17) is 4.74 Å². The van der Waals surface area contributed by atoms with Crippen LogP contribution >= 0.6 is 11.3 Å². The second-order valence-corrected chi connectivity index (χ2v) is 6.43. The van der Waals surface area contributed by atoms with Crippen LogP contribution in [0.3, 0.4) is 0 Å². The van der Waals surface area contributed by atoms with E-state index in [0.29, 0.717) is 11.4 Å². The number of carbonyl (C=O) groups is 1. The summed E-state index contributed by atoms with van der Waals surface area (Å²) in [6.07, 6.45) is 4.97. The number of ether oxygens (including phenoxy) is 1. The summed E-state index contributed by atoms with van der Waals surface area (Å²) in [6, 6.07) is 14.9. The zero-order valence-electron chi connectivity index (χ0n) is 13.6. The van der Waals surface area contributed by atoms with Gasteiger partial charge in [0.1, 0.15) is 21.1 Å². The van der Waals surface area contributed by atoms with Crippen LogP contribution < -0.4 is 10.1 Å². The molecule has 0 unspecified atom stereocenters. The number of rotatable bonds is 5. The standard InChI is InChI=1S/C19H14N4O2S/c24-17(12-25-15-3-1-9-20-11-15)22-14-7-5-13(6-8-14)18-23-16-4-2-10-21-19(16)26-18/h1-11H,12H2,(H,22,24). The van der Waals surface area contributed by atoms with Gasteiger partial charge in [-0.15, -0.1) is 0 Å². The van der Waals surface area contributed by atoms with E-state index in [2.05, 4.69) is 20.3 Å². The Morgan fingerprint density at radius 1 is 1.08 bits per heavy atom. The number of anilines is 1. The fraction of sp³-hybridized carbons (Fsp3) is 0.0526. The molecule has 0 radical (unpaired) electrons. The van der Waals surface area contributed by atoms with Crippen molar-refractivity contribution in [3.05, 3.63) is 67.1 Å². The number of fused-ring (bicyclic) bond motifs is 1. The molecular formula is C19H14N4O2S. The Labute approximate surface area is 153 Å². The van der Waals surface area contributed by atoms with E-state index in [1.165, 1.54) is 0 Å². The molecule has 0 bridgehead atoms. The lowest BCUT2D eigenvalue weighted by Crippen LogP contribution is -2.20. The molecule has 1 amide bonds. The molecule has 26 heavy (non-hydrogen) atoms. The predicted molar refractivity (Wildman–Crippen MR) is 101 cm³/mol. The SMILES string of the molecule is O=C(COc1cccnc1)Nc1ccc(-c2nc3cccnc3s2)cc1. The van der Waals surface area contributed by atoms with Gasteiger partial charge in [0.05, 0.1) is 6.20 Å². The Morgan fingerprint density at radius 3 is 2.69 bits per heavy atom. The summed E-state index contributed by atoms with van der Waals surface area (Å²) < 4.78 is 5.38. The molecule has 1 N–H and O–H groups in total. The van der Waals surface area contributed by atoms with Gasteiger partial charge >= 0.3 is 0 Å². The first-order chi connectivity index (χ1) is 12.8. The van der Waals surface area contributed by atoms with Gasteiger partial charge in [0.15, 0.2) is 6.61 Å². The lowest BCUT2D eigenvalue weighted by molar-refractivity contribution is -0.118. The van der Waals surface area contributed by atoms with Crippen molar-refractivity contribution in [3.63, 3.8) is 0 Å². The summed E-state index contributed by atoms with van der Waals surface area (Å²) in [5.41, 5.74) is 2.57. The summed E-state index contributed by atoms with van der Waals surface area (Å²) in [5, 5.41) is 3.70. The molecule has 0 aliphatic heterocycles. The van der Waals surface area contributed by atoms with Gasteiger partial charge in [-0.2, -0.15) is 0 Å². The number of benzene rings is 1. The second kappa shape index (κ2) is 7.28. The molecule has 3 aromatic heterocycles. The quantitative estimate of drug-likeness (QED) is 0.585. The van der Waals surface area contributed by atoms with Crippen molar-refractivity contribution >= 4 is 33.3 Å².